The highest BCUT2D eigenvalue weighted by Crippen LogP contribution is 2.40. The van der Waals surface area contributed by atoms with Crippen molar-refractivity contribution in [3.63, 3.8) is 0 Å². The van der Waals surface area contributed by atoms with E-state index in [-0.39, 0.29) is 11.9 Å². The molecule has 3 aromatic rings. The molecule has 1 aromatic carbocycles. The first-order chi connectivity index (χ1) is 12.2. The molecule has 0 bridgehead atoms. The lowest BCUT2D eigenvalue weighted by Gasteiger charge is -2.19. The number of nitrogens with zero attached hydrogens (tertiary/aromatic N) is 4. The minimum atomic E-state index is -0.152. The number of pyridine rings is 1. The Balaban J connectivity index is 1.63. The molecule has 1 aliphatic carbocycles. The van der Waals surface area contributed by atoms with Gasteiger partial charge >= 0.3 is 0 Å². The maximum Gasteiger partial charge on any atom is 0.252 e. The highest BCUT2D eigenvalue weighted by molar-refractivity contribution is 6.00. The number of hydrogen-bond donors (Lipinski definition) is 2. The van der Waals surface area contributed by atoms with Gasteiger partial charge in [0.25, 0.3) is 5.91 Å². The molecule has 1 amide bonds. The van der Waals surface area contributed by atoms with Crippen LogP contribution >= 0.6 is 0 Å². The van der Waals surface area contributed by atoms with E-state index < -0.39 is 0 Å². The van der Waals surface area contributed by atoms with Crippen molar-refractivity contribution >= 4 is 5.91 Å². The van der Waals surface area contributed by atoms with E-state index in [4.69, 9.17) is 0 Å². The first-order valence-corrected chi connectivity index (χ1v) is 8.29. The van der Waals surface area contributed by atoms with E-state index >= 15 is 0 Å². The van der Waals surface area contributed by atoms with Crippen LogP contribution in [0.2, 0.25) is 0 Å². The molecule has 4 rings (SSSR count). The van der Waals surface area contributed by atoms with Crippen LogP contribution in [0, 0.1) is 12.8 Å². The van der Waals surface area contributed by atoms with Crippen LogP contribution in [0.3, 0.4) is 0 Å². The molecule has 0 aliphatic heterocycles. The van der Waals surface area contributed by atoms with E-state index in [1.807, 2.05) is 43.3 Å². The van der Waals surface area contributed by atoms with E-state index in [1.165, 1.54) is 0 Å². The number of nitrogens with one attached hydrogen (secondary N) is 2. The second-order valence-corrected chi connectivity index (χ2v) is 6.27. The van der Waals surface area contributed by atoms with Crippen molar-refractivity contribution in [2.75, 3.05) is 0 Å². The predicted molar refractivity (Wildman–Crippen MR) is 91.5 cm³/mol. The molecule has 1 aliphatic rings. The minimum Gasteiger partial charge on any atom is -0.343 e. The molecule has 0 radical (unpaired) electrons. The lowest BCUT2D eigenvalue weighted by Crippen LogP contribution is -2.31. The number of aromatic nitrogens is 5. The summed E-state index contributed by atoms with van der Waals surface area (Å²) in [4.78, 5) is 17.5. The highest BCUT2D eigenvalue weighted by Gasteiger charge is 2.35. The summed E-state index contributed by atoms with van der Waals surface area (Å²) in [5.74, 6) is 0.693. The zero-order valence-corrected chi connectivity index (χ0v) is 13.8. The molecule has 0 spiro atoms. The number of carbonyl (C=O) groups excluding carboxylic acids is 1. The van der Waals surface area contributed by atoms with Gasteiger partial charge in [0.2, 0.25) is 5.82 Å². The molecule has 126 valence electrons. The summed E-state index contributed by atoms with van der Waals surface area (Å²) in [7, 11) is 0. The van der Waals surface area contributed by atoms with Crippen molar-refractivity contribution in [1.82, 2.24) is 30.9 Å². The van der Waals surface area contributed by atoms with Crippen LogP contribution in [-0.2, 0) is 0 Å². The molecule has 1 fully saturated rings. The summed E-state index contributed by atoms with van der Waals surface area (Å²) in [6.07, 6.45) is 2.21. The van der Waals surface area contributed by atoms with Crippen molar-refractivity contribution in [1.29, 1.82) is 0 Å². The number of rotatable bonds is 5. The third-order valence-electron chi connectivity index (χ3n) is 4.37. The van der Waals surface area contributed by atoms with Crippen LogP contribution in [0.5, 0.6) is 0 Å². The monoisotopic (exact) mass is 334 g/mol. The van der Waals surface area contributed by atoms with Gasteiger partial charge in [0.15, 0.2) is 0 Å². The van der Waals surface area contributed by atoms with E-state index in [0.717, 1.165) is 24.2 Å². The van der Waals surface area contributed by atoms with Crippen LogP contribution in [0.15, 0.2) is 42.5 Å². The zero-order valence-electron chi connectivity index (χ0n) is 13.8. The summed E-state index contributed by atoms with van der Waals surface area (Å²) in [5.41, 5.74) is 3.04. The molecule has 7 nitrogen and oxygen atoms in total. The highest BCUT2D eigenvalue weighted by atomic mass is 16.1. The van der Waals surface area contributed by atoms with Gasteiger partial charge in [0, 0.05) is 11.3 Å². The van der Waals surface area contributed by atoms with Crippen molar-refractivity contribution in [2.45, 2.75) is 25.8 Å². The number of carbonyl (C=O) groups is 1. The van der Waals surface area contributed by atoms with Crippen molar-refractivity contribution < 1.29 is 4.79 Å². The Morgan fingerprint density at radius 3 is 2.76 bits per heavy atom. The second-order valence-electron chi connectivity index (χ2n) is 6.27. The van der Waals surface area contributed by atoms with Crippen LogP contribution < -0.4 is 5.32 Å². The maximum atomic E-state index is 12.9. The molecular formula is C18H18N6O. The van der Waals surface area contributed by atoms with Gasteiger partial charge in [-0.2, -0.15) is 5.21 Å². The van der Waals surface area contributed by atoms with Crippen molar-refractivity contribution in [3.05, 3.63) is 59.4 Å². The van der Waals surface area contributed by atoms with Crippen molar-refractivity contribution in [3.8, 4) is 11.4 Å². The third kappa shape index (κ3) is 3.26. The van der Waals surface area contributed by atoms with Gasteiger partial charge < -0.3 is 5.32 Å². The number of H-pyrrole nitrogens is 1. The lowest BCUT2D eigenvalue weighted by molar-refractivity contribution is 0.0931. The fraction of sp³-hybridized carbons (Fsp3) is 0.278. The number of amides is 1. The van der Waals surface area contributed by atoms with Gasteiger partial charge in [-0.3, -0.25) is 9.78 Å². The van der Waals surface area contributed by atoms with Crippen LogP contribution in [0.4, 0.5) is 0 Å². The zero-order chi connectivity index (χ0) is 17.2. The van der Waals surface area contributed by atoms with E-state index in [1.54, 1.807) is 6.07 Å². The van der Waals surface area contributed by atoms with Gasteiger partial charge in [-0.05, 0) is 49.1 Å². The fourth-order valence-corrected chi connectivity index (χ4v) is 2.97. The fourth-order valence-electron chi connectivity index (χ4n) is 2.97. The number of benzene rings is 1. The van der Waals surface area contributed by atoms with Crippen LogP contribution in [0.1, 0.15) is 40.6 Å². The number of aryl methyl sites for hydroxylation is 1. The Morgan fingerprint density at radius 2 is 2.04 bits per heavy atom. The minimum absolute atomic E-state index is 0.0780. The molecule has 1 saturated carbocycles. The SMILES string of the molecule is Cc1cccc([C@@H](NC(=O)c2ccccc2-c2nn[nH]n2)C2CC2)n1. The van der Waals surface area contributed by atoms with Gasteiger partial charge in [-0.15, -0.1) is 10.2 Å². The Labute approximate surface area is 144 Å². The van der Waals surface area contributed by atoms with E-state index in [2.05, 4.69) is 30.9 Å². The Hall–Kier alpha value is -3.09. The molecule has 2 heterocycles. The largest absolute Gasteiger partial charge is 0.343 e. The van der Waals surface area contributed by atoms with Gasteiger partial charge in [-0.1, -0.05) is 24.3 Å². The first kappa shape index (κ1) is 15.4. The van der Waals surface area contributed by atoms with Gasteiger partial charge in [-0.25, -0.2) is 0 Å². The summed E-state index contributed by atoms with van der Waals surface area (Å²) >= 11 is 0. The molecular weight excluding hydrogens is 316 g/mol. The maximum absolute atomic E-state index is 12.9. The molecule has 7 heteroatoms. The average molecular weight is 334 g/mol. The number of aromatic amines is 1. The number of hydrogen-bond acceptors (Lipinski definition) is 5. The van der Waals surface area contributed by atoms with Gasteiger partial charge in [0.1, 0.15) is 0 Å². The molecule has 0 saturated heterocycles. The first-order valence-electron chi connectivity index (χ1n) is 8.29. The third-order valence-corrected chi connectivity index (χ3v) is 4.37. The summed E-state index contributed by atoms with van der Waals surface area (Å²) in [6.45, 7) is 1.96. The quantitative estimate of drug-likeness (QED) is 0.747. The van der Waals surface area contributed by atoms with Gasteiger partial charge in [0.05, 0.1) is 17.3 Å². The summed E-state index contributed by atoms with van der Waals surface area (Å²) < 4.78 is 0. The molecule has 2 aromatic heterocycles. The lowest BCUT2D eigenvalue weighted by atomic mass is 10.0. The standard InChI is InChI=1S/C18H18N6O/c1-11-5-4-8-15(19-11)16(12-9-10-12)20-18(25)14-7-3-2-6-13(14)17-21-23-24-22-17/h2-8,12,16H,9-10H2,1H3,(H,20,25)(H,21,22,23,24)/t16-/m0/s1. The predicted octanol–water partition coefficient (Wildman–Crippen LogP) is 2.45. The van der Waals surface area contributed by atoms with Crippen LogP contribution in [0.25, 0.3) is 11.4 Å². The smallest absolute Gasteiger partial charge is 0.252 e. The Kier molecular flexibility index (Phi) is 3.97. The average Bonchev–Trinajstić information content (AvgIpc) is 3.32. The molecule has 2 N–H and O–H groups in total. The summed E-state index contributed by atoms with van der Waals surface area (Å²) in [5, 5.41) is 17.1. The normalized spacial score (nSPS) is 14.9. The number of tetrazole rings is 1. The van der Waals surface area contributed by atoms with E-state index in [0.29, 0.717) is 22.9 Å². The topological polar surface area (TPSA) is 96.5 Å². The summed E-state index contributed by atoms with van der Waals surface area (Å²) in [6, 6.07) is 13.1. The van der Waals surface area contributed by atoms with E-state index in [9.17, 15) is 4.79 Å². The Bertz CT molecular complexity index is 888. The second kappa shape index (κ2) is 6.43. The molecule has 0 unspecified atom stereocenters. The molecule has 25 heavy (non-hydrogen) atoms. The van der Waals surface area contributed by atoms with Crippen molar-refractivity contribution in [2.24, 2.45) is 5.92 Å². The Morgan fingerprint density at radius 1 is 1.20 bits per heavy atom. The molecule has 1 atom stereocenters. The van der Waals surface area contributed by atoms with Crippen LogP contribution in [-0.4, -0.2) is 31.5 Å².